The van der Waals surface area contributed by atoms with Gasteiger partial charge in [0.1, 0.15) is 17.3 Å². The molecule has 2 amide bonds. The molecule has 0 unspecified atom stereocenters. The van der Waals surface area contributed by atoms with E-state index in [9.17, 15) is 14.0 Å². The summed E-state index contributed by atoms with van der Waals surface area (Å²) in [5.74, 6) is -6.81. The minimum atomic E-state index is -3.14. The lowest BCUT2D eigenvalue weighted by atomic mass is 10.0. The number of carbonyl (C=O) groups is 2. The Labute approximate surface area is 272 Å². The van der Waals surface area contributed by atoms with E-state index in [4.69, 9.17) is 4.98 Å². The molecule has 0 spiro atoms. The van der Waals surface area contributed by atoms with Crippen LogP contribution in [0.4, 0.5) is 22.0 Å². The second-order valence-corrected chi connectivity index (χ2v) is 13.9. The van der Waals surface area contributed by atoms with E-state index >= 15 is 17.6 Å². The van der Waals surface area contributed by atoms with Crippen molar-refractivity contribution in [3.8, 4) is 11.5 Å². The summed E-state index contributed by atoms with van der Waals surface area (Å²) in [5, 5.41) is 9.01. The third-order valence-corrected chi connectivity index (χ3v) is 10.3. The standard InChI is InChI=1S/C34H36F5N7O2/c1-16-23-7-4-18-12-26(45(30(18)42-23)15-34(38,39)9-2-3-17-11-20(17)32(47)41-16)31-43-24-13-21(33(48)44-25-14-40-10-8-22(25)35)27(36)28(37)29(24)46(31)19-5-6-19/h4,7,12-13,16-17,19-20,22,25,40H,2-3,5-6,8-11,14-15H2,1H3,(H,41,47)(H,44,48)/t16-,17-,20-,22+,25+/m1/s1. The van der Waals surface area contributed by atoms with Gasteiger partial charge in [-0.3, -0.25) is 9.59 Å². The highest BCUT2D eigenvalue weighted by atomic mass is 19.3. The third kappa shape index (κ3) is 5.51. The molecule has 4 aliphatic rings. The minimum absolute atomic E-state index is 0.0193. The fourth-order valence-corrected chi connectivity index (χ4v) is 7.38. The fraction of sp³-hybridized carbons (Fsp3) is 0.529. The second kappa shape index (κ2) is 11.5. The van der Waals surface area contributed by atoms with Crippen LogP contribution in [0.5, 0.6) is 0 Å². The van der Waals surface area contributed by atoms with Gasteiger partial charge in [-0.05, 0) is 82.2 Å². The predicted octanol–water partition coefficient (Wildman–Crippen LogP) is 5.73. The van der Waals surface area contributed by atoms with E-state index in [2.05, 4.69) is 20.9 Å². The topological polar surface area (TPSA) is 106 Å². The van der Waals surface area contributed by atoms with E-state index in [1.807, 2.05) is 0 Å². The van der Waals surface area contributed by atoms with E-state index in [1.165, 1.54) is 9.13 Å². The number of imidazole rings is 1. The lowest BCUT2D eigenvalue weighted by Gasteiger charge is -2.27. The monoisotopic (exact) mass is 669 g/mol. The molecular formula is C34H36F5N7O2. The Morgan fingerprint density at radius 2 is 1.90 bits per heavy atom. The van der Waals surface area contributed by atoms with Gasteiger partial charge in [0, 0.05) is 30.3 Å². The molecule has 2 aliphatic carbocycles. The normalized spacial score (nSPS) is 27.5. The number of alkyl halides is 3. The van der Waals surface area contributed by atoms with Gasteiger partial charge in [0.2, 0.25) is 5.91 Å². The van der Waals surface area contributed by atoms with Gasteiger partial charge in [0.05, 0.1) is 41.1 Å². The highest BCUT2D eigenvalue weighted by Crippen LogP contribution is 2.46. The first-order valence-electron chi connectivity index (χ1n) is 16.7. The molecule has 2 aliphatic heterocycles. The summed E-state index contributed by atoms with van der Waals surface area (Å²) in [4.78, 5) is 35.4. The first-order chi connectivity index (χ1) is 23.0. The molecule has 2 bridgehead atoms. The minimum Gasteiger partial charge on any atom is -0.348 e. The maximum Gasteiger partial charge on any atom is 0.265 e. The average Bonchev–Trinajstić information content (AvgIpc) is 3.97. The number of fused-ring (bicyclic) bond motifs is 3. The van der Waals surface area contributed by atoms with Gasteiger partial charge in [0.25, 0.3) is 11.8 Å². The molecule has 48 heavy (non-hydrogen) atoms. The Balaban J connectivity index is 1.25. The molecule has 14 heteroatoms. The average molecular weight is 670 g/mol. The van der Waals surface area contributed by atoms with Crippen molar-refractivity contribution in [2.45, 2.75) is 88.6 Å². The number of halogens is 5. The fourth-order valence-electron chi connectivity index (χ4n) is 7.38. The van der Waals surface area contributed by atoms with Crippen LogP contribution in [0, 0.1) is 23.5 Å². The maximum absolute atomic E-state index is 16.0. The van der Waals surface area contributed by atoms with Crippen LogP contribution in [0.2, 0.25) is 0 Å². The Hall–Kier alpha value is -4.07. The van der Waals surface area contributed by atoms with E-state index in [0.717, 1.165) is 6.07 Å². The molecule has 5 atom stereocenters. The summed E-state index contributed by atoms with van der Waals surface area (Å²) in [7, 11) is 0. The van der Waals surface area contributed by atoms with Crippen LogP contribution >= 0.6 is 0 Å². The zero-order valence-corrected chi connectivity index (χ0v) is 26.3. The van der Waals surface area contributed by atoms with Crippen LogP contribution in [-0.4, -0.2) is 62.1 Å². The number of amides is 2. The summed E-state index contributed by atoms with van der Waals surface area (Å²) in [5.41, 5.74) is 0.213. The molecule has 3 aromatic heterocycles. The molecule has 0 radical (unpaired) electrons. The Bertz CT molecular complexity index is 1950. The second-order valence-electron chi connectivity index (χ2n) is 13.9. The summed E-state index contributed by atoms with van der Waals surface area (Å²) in [6, 6.07) is 4.66. The molecule has 3 N–H and O–H groups in total. The van der Waals surface area contributed by atoms with Crippen molar-refractivity contribution >= 4 is 33.9 Å². The van der Waals surface area contributed by atoms with Crippen molar-refractivity contribution < 1.29 is 31.5 Å². The van der Waals surface area contributed by atoms with E-state index in [1.54, 1.807) is 25.1 Å². The van der Waals surface area contributed by atoms with Crippen LogP contribution in [0.1, 0.15) is 80.0 Å². The summed E-state index contributed by atoms with van der Waals surface area (Å²) < 4.78 is 80.4. The molecule has 8 rings (SSSR count). The Morgan fingerprint density at radius 1 is 1.08 bits per heavy atom. The van der Waals surface area contributed by atoms with Crippen molar-refractivity contribution in [2.75, 3.05) is 13.1 Å². The number of nitrogens with zero attached hydrogens (tertiary/aromatic N) is 4. The summed E-state index contributed by atoms with van der Waals surface area (Å²) in [6.45, 7) is 1.68. The van der Waals surface area contributed by atoms with Crippen LogP contribution < -0.4 is 16.0 Å². The van der Waals surface area contributed by atoms with Gasteiger partial charge in [-0.1, -0.05) is 0 Å². The number of hydrogen-bond donors (Lipinski definition) is 3. The van der Waals surface area contributed by atoms with Gasteiger partial charge >= 0.3 is 0 Å². The highest BCUT2D eigenvalue weighted by Gasteiger charge is 2.44. The Morgan fingerprint density at radius 3 is 2.67 bits per heavy atom. The van der Waals surface area contributed by atoms with Gasteiger partial charge < -0.3 is 25.1 Å². The number of benzene rings is 1. The zero-order valence-electron chi connectivity index (χ0n) is 26.3. The lowest BCUT2D eigenvalue weighted by Crippen LogP contribution is -2.52. The van der Waals surface area contributed by atoms with Gasteiger partial charge in [-0.25, -0.2) is 31.9 Å². The number of hydrogen-bond acceptors (Lipinski definition) is 5. The number of pyridine rings is 1. The predicted molar refractivity (Wildman–Crippen MR) is 167 cm³/mol. The lowest BCUT2D eigenvalue weighted by molar-refractivity contribution is -0.123. The number of piperidine rings is 1. The number of rotatable bonds is 4. The van der Waals surface area contributed by atoms with Crippen molar-refractivity contribution in [1.29, 1.82) is 0 Å². The van der Waals surface area contributed by atoms with Gasteiger partial charge in [0.15, 0.2) is 17.5 Å². The molecule has 9 nitrogen and oxygen atoms in total. The highest BCUT2D eigenvalue weighted by molar-refractivity contribution is 5.99. The first kappa shape index (κ1) is 31.2. The summed E-state index contributed by atoms with van der Waals surface area (Å²) >= 11 is 0. The third-order valence-electron chi connectivity index (χ3n) is 10.3. The van der Waals surface area contributed by atoms with Crippen molar-refractivity contribution in [3.63, 3.8) is 0 Å². The smallest absolute Gasteiger partial charge is 0.265 e. The van der Waals surface area contributed by atoms with Crippen molar-refractivity contribution in [1.82, 2.24) is 35.1 Å². The van der Waals surface area contributed by atoms with Crippen molar-refractivity contribution in [2.24, 2.45) is 11.8 Å². The molecule has 2 saturated carbocycles. The number of nitrogens with one attached hydrogen (secondary N) is 3. The Kier molecular flexibility index (Phi) is 7.49. The quantitative estimate of drug-likeness (QED) is 0.241. The maximum atomic E-state index is 16.0. The van der Waals surface area contributed by atoms with E-state index in [0.29, 0.717) is 43.3 Å². The molecule has 1 saturated heterocycles. The van der Waals surface area contributed by atoms with Crippen LogP contribution in [0.25, 0.3) is 33.6 Å². The number of aromatic nitrogens is 4. The van der Waals surface area contributed by atoms with Crippen LogP contribution in [0.15, 0.2) is 24.3 Å². The van der Waals surface area contributed by atoms with Crippen LogP contribution in [-0.2, 0) is 11.3 Å². The molecule has 1 aromatic carbocycles. The van der Waals surface area contributed by atoms with Crippen LogP contribution in [0.3, 0.4) is 0 Å². The molecule has 4 aromatic rings. The van der Waals surface area contributed by atoms with Gasteiger partial charge in [-0.15, -0.1) is 0 Å². The zero-order chi connectivity index (χ0) is 33.5. The number of carbonyl (C=O) groups excluding carboxylic acids is 2. The van der Waals surface area contributed by atoms with Gasteiger partial charge in [-0.2, -0.15) is 0 Å². The SMILES string of the molecule is C[C@H]1NC(=O)[C@@H]2C[C@H]2CCCC(F)(F)Cn2c(-c3nc4cc(C(=O)N[C@H]5CNCC[C@@H]5F)c(F)c(F)c4n3C3CC3)cc3ccc1nc32. The summed E-state index contributed by atoms with van der Waals surface area (Å²) in [6.07, 6.45) is 1.20. The molecule has 5 heterocycles. The van der Waals surface area contributed by atoms with E-state index in [-0.39, 0.29) is 77.8 Å². The first-order valence-corrected chi connectivity index (χ1v) is 16.7. The molecular weight excluding hydrogens is 633 g/mol. The van der Waals surface area contributed by atoms with Crippen molar-refractivity contribution in [3.05, 3.63) is 47.2 Å². The van der Waals surface area contributed by atoms with E-state index < -0.39 is 53.8 Å². The largest absolute Gasteiger partial charge is 0.348 e. The molecule has 254 valence electrons. The molecule has 3 fully saturated rings.